The van der Waals surface area contributed by atoms with E-state index in [2.05, 4.69) is 0 Å². The van der Waals surface area contributed by atoms with Crippen LogP contribution in [0.15, 0.2) is 48.5 Å². The molecule has 0 saturated carbocycles. The average molecular weight is 585 g/mol. The van der Waals surface area contributed by atoms with E-state index in [1.165, 1.54) is 18.2 Å². The summed E-state index contributed by atoms with van der Waals surface area (Å²) < 4.78 is 88.3. The molecule has 0 aliphatic carbocycles. The van der Waals surface area contributed by atoms with Crippen LogP contribution in [0.3, 0.4) is 0 Å². The average Bonchev–Trinajstić information content (AvgIpc) is 2.91. The van der Waals surface area contributed by atoms with Gasteiger partial charge < -0.3 is 0 Å². The van der Waals surface area contributed by atoms with Gasteiger partial charge in [0.2, 0.25) is 0 Å². The SMILES string of the molecule is CN(C)Cc1cccc[c]1[Bi]1[O]C(C(F)(F)F)(C(F)(F)F)c2cccc[c]21. The number of rotatable bonds is 3. The molecule has 0 N–H and O–H groups in total. The second-order valence-electron chi connectivity index (χ2n) is 6.45. The fourth-order valence-corrected chi connectivity index (χ4v) is 12.2. The Labute approximate surface area is 161 Å². The maximum atomic E-state index is 13.8. The van der Waals surface area contributed by atoms with Crippen LogP contribution in [0, 0.1) is 0 Å². The maximum absolute atomic E-state index is 13.8. The third-order valence-corrected chi connectivity index (χ3v) is 12.6. The van der Waals surface area contributed by atoms with E-state index in [9.17, 15) is 26.3 Å². The molecule has 2 aromatic carbocycles. The number of halogens is 6. The van der Waals surface area contributed by atoms with Crippen molar-refractivity contribution < 1.29 is 29.2 Å². The van der Waals surface area contributed by atoms with E-state index in [-0.39, 0.29) is 3.27 Å². The van der Waals surface area contributed by atoms with Gasteiger partial charge in [-0.25, -0.2) is 0 Å². The van der Waals surface area contributed by atoms with Gasteiger partial charge in [-0.15, -0.1) is 0 Å². The molecule has 3 rings (SSSR count). The van der Waals surface area contributed by atoms with Crippen molar-refractivity contribution in [2.45, 2.75) is 24.5 Å². The number of alkyl halides is 6. The Hall–Kier alpha value is -1.18. The fraction of sp³-hybridized carbons (Fsp3) is 0.333. The van der Waals surface area contributed by atoms with Gasteiger partial charge in [0.1, 0.15) is 0 Å². The Balaban J connectivity index is 2.23. The second kappa shape index (κ2) is 7.01. The zero-order valence-electron chi connectivity index (χ0n) is 14.4. The molecular formula is C18H16BiF6NO. The normalized spacial score (nSPS) is 17.4. The molecule has 0 saturated heterocycles. The van der Waals surface area contributed by atoms with Gasteiger partial charge in [-0.2, -0.15) is 0 Å². The topological polar surface area (TPSA) is 12.5 Å². The van der Waals surface area contributed by atoms with Crippen LogP contribution in [0.1, 0.15) is 11.1 Å². The molecule has 0 aromatic heterocycles. The van der Waals surface area contributed by atoms with E-state index < -0.39 is 45.7 Å². The summed E-state index contributed by atoms with van der Waals surface area (Å²) in [7, 11) is 3.57. The summed E-state index contributed by atoms with van der Waals surface area (Å²) in [5.41, 5.74) is -4.39. The van der Waals surface area contributed by atoms with Crippen molar-refractivity contribution in [2.24, 2.45) is 0 Å². The number of nitrogens with zero attached hydrogens (tertiary/aromatic N) is 1. The first-order valence-corrected chi connectivity index (χ1v) is 12.8. The van der Waals surface area contributed by atoms with Crippen molar-refractivity contribution in [1.29, 1.82) is 0 Å². The zero-order chi connectivity index (χ0) is 20.0. The molecule has 0 unspecified atom stereocenters. The van der Waals surface area contributed by atoms with Crippen LogP contribution < -0.4 is 6.54 Å². The van der Waals surface area contributed by atoms with Gasteiger partial charge in [-0.05, 0) is 0 Å². The van der Waals surface area contributed by atoms with Gasteiger partial charge >= 0.3 is 161 Å². The van der Waals surface area contributed by atoms with Crippen LogP contribution in [0.2, 0.25) is 0 Å². The van der Waals surface area contributed by atoms with Gasteiger partial charge in [0.05, 0.1) is 0 Å². The molecule has 0 atom stereocenters. The van der Waals surface area contributed by atoms with Crippen molar-refractivity contribution in [3.63, 3.8) is 0 Å². The first-order valence-electron chi connectivity index (χ1n) is 7.94. The molecule has 0 amide bonds. The van der Waals surface area contributed by atoms with Crippen LogP contribution >= 0.6 is 0 Å². The predicted molar refractivity (Wildman–Crippen MR) is 90.2 cm³/mol. The number of benzene rings is 2. The van der Waals surface area contributed by atoms with Crippen LogP contribution in [-0.2, 0) is 15.0 Å². The molecule has 9 heteroatoms. The quantitative estimate of drug-likeness (QED) is 0.406. The summed E-state index contributed by atoms with van der Waals surface area (Å²) in [5.74, 6) is 0. The predicted octanol–water partition coefficient (Wildman–Crippen LogP) is 3.20. The zero-order valence-corrected chi connectivity index (χ0v) is 17.9. The Morgan fingerprint density at radius 3 is 1.93 bits per heavy atom. The number of fused-ring (bicyclic) bond motifs is 1. The van der Waals surface area contributed by atoms with Crippen LogP contribution in [0.25, 0.3) is 0 Å². The van der Waals surface area contributed by atoms with Gasteiger partial charge in [0.15, 0.2) is 0 Å². The van der Waals surface area contributed by atoms with E-state index in [0.29, 0.717) is 15.4 Å². The monoisotopic (exact) mass is 585 g/mol. The second-order valence-corrected chi connectivity index (χ2v) is 13.2. The standard InChI is InChI=1S/C9H4F6O.C9H12N.Bi/c10-8(11,12)7(16,9(13,14)15)6-4-2-1-3-5-6;1-10(2)8-9-6-4-3-5-7-9;/h1-4H;3-6H,8H2,1-2H3;/q-1;;+1. The molecule has 27 heavy (non-hydrogen) atoms. The number of hydrogen-bond acceptors (Lipinski definition) is 2. The van der Waals surface area contributed by atoms with E-state index in [4.69, 9.17) is 2.81 Å². The van der Waals surface area contributed by atoms with E-state index in [0.717, 1.165) is 6.07 Å². The molecule has 1 aliphatic heterocycles. The minimum atomic E-state index is -5.61. The first-order chi connectivity index (χ1) is 12.5. The Morgan fingerprint density at radius 2 is 1.37 bits per heavy atom. The summed E-state index contributed by atoms with van der Waals surface area (Å²) in [6, 6.07) is 11.5. The van der Waals surface area contributed by atoms with Crippen molar-refractivity contribution in [3.8, 4) is 0 Å². The van der Waals surface area contributed by atoms with Crippen LogP contribution in [-0.4, -0.2) is 53.5 Å². The third kappa shape index (κ3) is 3.38. The van der Waals surface area contributed by atoms with Crippen molar-refractivity contribution in [3.05, 3.63) is 59.7 Å². The molecule has 0 bridgehead atoms. The molecule has 1 aliphatic rings. The first kappa shape index (κ1) is 20.6. The van der Waals surface area contributed by atoms with Crippen molar-refractivity contribution in [2.75, 3.05) is 14.1 Å². The summed E-state index contributed by atoms with van der Waals surface area (Å²) in [4.78, 5) is 1.81. The van der Waals surface area contributed by atoms with E-state index >= 15 is 0 Å². The van der Waals surface area contributed by atoms with Gasteiger partial charge in [0.25, 0.3) is 0 Å². The molecule has 2 aromatic rings. The molecule has 0 spiro atoms. The Kier molecular flexibility index (Phi) is 5.34. The Bertz CT molecular complexity index is 819. The Morgan fingerprint density at radius 1 is 0.852 bits per heavy atom. The van der Waals surface area contributed by atoms with Gasteiger partial charge in [-0.1, -0.05) is 0 Å². The summed E-state index contributed by atoms with van der Waals surface area (Å²) in [6.45, 7) is 0.401. The fourth-order valence-electron chi connectivity index (χ4n) is 3.12. The molecule has 1 heterocycles. The van der Waals surface area contributed by atoms with Crippen molar-refractivity contribution in [1.82, 2.24) is 4.90 Å². The third-order valence-electron chi connectivity index (χ3n) is 4.23. The van der Waals surface area contributed by atoms with Crippen LogP contribution in [0.4, 0.5) is 26.3 Å². The minimum absolute atomic E-state index is 0.0772. The molecular weight excluding hydrogens is 569 g/mol. The van der Waals surface area contributed by atoms with Crippen molar-refractivity contribution >= 4 is 28.7 Å². The summed E-state index contributed by atoms with van der Waals surface area (Å²) in [5, 5.41) is 0. The molecule has 146 valence electrons. The van der Waals surface area contributed by atoms with Gasteiger partial charge in [0, 0.05) is 0 Å². The summed E-state index contributed by atoms with van der Waals surface area (Å²) in [6.07, 6.45) is -11.2. The molecule has 2 nitrogen and oxygen atoms in total. The molecule has 0 fully saturated rings. The van der Waals surface area contributed by atoms with Gasteiger partial charge in [-0.3, -0.25) is 0 Å². The number of hydrogen-bond donors (Lipinski definition) is 0. The van der Waals surface area contributed by atoms with Crippen LogP contribution in [0.5, 0.6) is 0 Å². The molecule has 0 radical (unpaired) electrons. The summed E-state index contributed by atoms with van der Waals surface area (Å²) >= 11 is -4.05. The van der Waals surface area contributed by atoms with E-state index in [1.54, 1.807) is 38.4 Å². The van der Waals surface area contributed by atoms with E-state index in [1.807, 2.05) is 4.90 Å².